The molecule has 0 bridgehead atoms. The molecule has 0 atom stereocenters. The van der Waals surface area contributed by atoms with Gasteiger partial charge in [0.15, 0.2) is 0 Å². The summed E-state index contributed by atoms with van der Waals surface area (Å²) >= 11 is 0. The molecule has 0 aromatic carbocycles. The lowest BCUT2D eigenvalue weighted by atomic mass is 10.4. The van der Waals surface area contributed by atoms with E-state index in [4.69, 9.17) is 9.47 Å². The summed E-state index contributed by atoms with van der Waals surface area (Å²) in [4.78, 5) is 3.71. The molecule has 0 aliphatic carbocycles. The Morgan fingerprint density at radius 1 is 1.64 bits per heavy atom. The summed E-state index contributed by atoms with van der Waals surface area (Å²) in [5.41, 5.74) is 0.709. The van der Waals surface area contributed by atoms with Crippen LogP contribution in [0.5, 0.6) is 0 Å². The molecule has 0 unspecified atom stereocenters. The van der Waals surface area contributed by atoms with Crippen LogP contribution in [0.3, 0.4) is 0 Å². The molecule has 0 radical (unpaired) electrons. The Morgan fingerprint density at radius 2 is 2.27 bits per heavy atom. The molecule has 0 saturated heterocycles. The summed E-state index contributed by atoms with van der Waals surface area (Å²) in [7, 11) is 1.57. The number of nitrogens with zero attached hydrogens (tertiary/aromatic N) is 1. The van der Waals surface area contributed by atoms with Crippen LogP contribution in [0.4, 0.5) is 0 Å². The maximum absolute atomic E-state index is 5.27. The first-order valence-corrected chi connectivity index (χ1v) is 3.51. The highest BCUT2D eigenvalue weighted by Crippen LogP contribution is 1.98. The number of hydrogen-bond acceptors (Lipinski definition) is 3. The van der Waals surface area contributed by atoms with Gasteiger partial charge in [0.25, 0.3) is 0 Å². The molecule has 0 spiro atoms. The third-order valence-corrected chi connectivity index (χ3v) is 1.02. The van der Waals surface area contributed by atoms with Crippen LogP contribution in [-0.2, 0) is 9.47 Å². The number of hydrogen-bond donors (Lipinski definition) is 0. The highest BCUT2D eigenvalue weighted by atomic mass is 16.5. The van der Waals surface area contributed by atoms with Crippen molar-refractivity contribution in [3.05, 3.63) is 12.0 Å². The van der Waals surface area contributed by atoms with Gasteiger partial charge in [-0.2, -0.15) is 0 Å². The van der Waals surface area contributed by atoms with E-state index in [1.807, 2.05) is 13.8 Å². The lowest BCUT2D eigenvalue weighted by Crippen LogP contribution is -2.05. The summed E-state index contributed by atoms with van der Waals surface area (Å²) in [6.45, 7) is 7.76. The second kappa shape index (κ2) is 5.92. The van der Waals surface area contributed by atoms with E-state index >= 15 is 0 Å². The normalized spacial score (nSPS) is 11.8. The molecular formula is C8H15NO2. The smallest absolute Gasteiger partial charge is 0.106 e. The first-order chi connectivity index (χ1) is 5.20. The Labute approximate surface area is 67.7 Å². The van der Waals surface area contributed by atoms with E-state index in [2.05, 4.69) is 11.7 Å². The molecule has 11 heavy (non-hydrogen) atoms. The van der Waals surface area contributed by atoms with E-state index in [1.54, 1.807) is 7.11 Å². The average molecular weight is 157 g/mol. The lowest BCUT2D eigenvalue weighted by molar-refractivity contribution is 0.0951. The molecular weight excluding hydrogens is 142 g/mol. The standard InChI is InChI=1S/C8H15NO2/c1-7(2)11-6-8(9-3)5-10-4/h5,7H,3,6H2,1-2,4H3/b8-5-. The van der Waals surface area contributed by atoms with Crippen LogP contribution < -0.4 is 0 Å². The second-order valence-electron chi connectivity index (χ2n) is 2.36. The van der Waals surface area contributed by atoms with Crippen LogP contribution >= 0.6 is 0 Å². The maximum atomic E-state index is 5.27. The van der Waals surface area contributed by atoms with Gasteiger partial charge >= 0.3 is 0 Å². The number of aliphatic imine (C=N–C) groups is 1. The predicted octanol–water partition coefficient (Wildman–Crippen LogP) is 1.60. The van der Waals surface area contributed by atoms with Crippen molar-refractivity contribution in [3.8, 4) is 0 Å². The molecule has 0 heterocycles. The fraction of sp³-hybridized carbons (Fsp3) is 0.625. The quantitative estimate of drug-likeness (QED) is 0.448. The zero-order valence-corrected chi connectivity index (χ0v) is 7.33. The molecule has 0 aromatic heterocycles. The van der Waals surface area contributed by atoms with Crippen molar-refractivity contribution in [1.29, 1.82) is 0 Å². The first kappa shape index (κ1) is 10.2. The van der Waals surface area contributed by atoms with E-state index in [0.29, 0.717) is 12.3 Å². The summed E-state index contributed by atoms with van der Waals surface area (Å²) < 4.78 is 10.0. The number of methoxy groups -OCH3 is 1. The van der Waals surface area contributed by atoms with Gasteiger partial charge in [-0.25, -0.2) is 0 Å². The molecule has 0 amide bonds. The van der Waals surface area contributed by atoms with Gasteiger partial charge in [0.1, 0.15) is 6.26 Å². The molecule has 0 rings (SSSR count). The van der Waals surface area contributed by atoms with E-state index in [-0.39, 0.29) is 6.10 Å². The minimum absolute atomic E-state index is 0.206. The SMILES string of the molecule is C=N/C(=C\OC)COC(C)C. The van der Waals surface area contributed by atoms with E-state index in [1.165, 1.54) is 6.26 Å². The largest absolute Gasteiger partial charge is 0.502 e. The van der Waals surface area contributed by atoms with Crippen molar-refractivity contribution in [2.24, 2.45) is 4.99 Å². The van der Waals surface area contributed by atoms with E-state index in [9.17, 15) is 0 Å². The zero-order valence-electron chi connectivity index (χ0n) is 7.33. The predicted molar refractivity (Wildman–Crippen MR) is 45.7 cm³/mol. The third kappa shape index (κ3) is 5.61. The summed E-state index contributed by atoms with van der Waals surface area (Å²) in [6.07, 6.45) is 1.73. The van der Waals surface area contributed by atoms with Gasteiger partial charge in [-0.15, -0.1) is 0 Å². The van der Waals surface area contributed by atoms with Gasteiger partial charge in [0, 0.05) is 0 Å². The molecule has 0 fully saturated rings. The van der Waals surface area contributed by atoms with Crippen molar-refractivity contribution in [2.75, 3.05) is 13.7 Å². The van der Waals surface area contributed by atoms with Gasteiger partial charge in [-0.05, 0) is 20.6 Å². The molecule has 64 valence electrons. The minimum atomic E-state index is 0.206. The van der Waals surface area contributed by atoms with Crippen LogP contribution in [0.25, 0.3) is 0 Å². The molecule has 3 nitrogen and oxygen atoms in total. The van der Waals surface area contributed by atoms with E-state index < -0.39 is 0 Å². The molecule has 0 aromatic rings. The lowest BCUT2D eigenvalue weighted by Gasteiger charge is -2.06. The Balaban J connectivity index is 3.70. The average Bonchev–Trinajstić information content (AvgIpc) is 1.97. The van der Waals surface area contributed by atoms with Crippen LogP contribution in [0.1, 0.15) is 13.8 Å². The summed E-state index contributed by atoms with van der Waals surface area (Å²) in [6, 6.07) is 0. The van der Waals surface area contributed by atoms with Crippen LogP contribution in [0.15, 0.2) is 17.0 Å². The molecule has 0 aliphatic rings. The second-order valence-corrected chi connectivity index (χ2v) is 2.36. The molecule has 0 N–H and O–H groups in total. The zero-order chi connectivity index (χ0) is 8.69. The third-order valence-electron chi connectivity index (χ3n) is 1.02. The number of rotatable bonds is 5. The van der Waals surface area contributed by atoms with Gasteiger partial charge in [-0.3, -0.25) is 4.99 Å². The Hall–Kier alpha value is -0.830. The molecule has 0 aliphatic heterocycles. The number of ether oxygens (including phenoxy) is 2. The maximum Gasteiger partial charge on any atom is 0.106 e. The van der Waals surface area contributed by atoms with Crippen LogP contribution in [0.2, 0.25) is 0 Å². The molecule has 3 heteroatoms. The summed E-state index contributed by atoms with van der Waals surface area (Å²) in [5, 5.41) is 0. The Kier molecular flexibility index (Phi) is 5.47. The van der Waals surface area contributed by atoms with Gasteiger partial charge in [0.05, 0.1) is 25.5 Å². The topological polar surface area (TPSA) is 30.8 Å². The van der Waals surface area contributed by atoms with Crippen molar-refractivity contribution in [1.82, 2.24) is 0 Å². The Morgan fingerprint density at radius 3 is 2.64 bits per heavy atom. The molecule has 0 saturated carbocycles. The Bertz CT molecular complexity index is 141. The summed E-state index contributed by atoms with van der Waals surface area (Å²) in [5.74, 6) is 0. The van der Waals surface area contributed by atoms with Gasteiger partial charge in [0.2, 0.25) is 0 Å². The highest BCUT2D eigenvalue weighted by Gasteiger charge is 1.96. The van der Waals surface area contributed by atoms with Crippen LogP contribution in [0, 0.1) is 0 Å². The van der Waals surface area contributed by atoms with Crippen LogP contribution in [-0.4, -0.2) is 26.5 Å². The fourth-order valence-corrected chi connectivity index (χ4v) is 0.505. The minimum Gasteiger partial charge on any atom is -0.502 e. The van der Waals surface area contributed by atoms with Gasteiger partial charge in [-0.1, -0.05) is 0 Å². The monoisotopic (exact) mass is 157 g/mol. The van der Waals surface area contributed by atoms with Crippen molar-refractivity contribution >= 4 is 6.72 Å². The first-order valence-electron chi connectivity index (χ1n) is 3.51. The van der Waals surface area contributed by atoms with Crippen molar-refractivity contribution < 1.29 is 9.47 Å². The van der Waals surface area contributed by atoms with Crippen molar-refractivity contribution in [3.63, 3.8) is 0 Å². The highest BCUT2D eigenvalue weighted by molar-refractivity contribution is 5.28. The van der Waals surface area contributed by atoms with Gasteiger partial charge < -0.3 is 9.47 Å². The van der Waals surface area contributed by atoms with E-state index in [0.717, 1.165) is 0 Å². The fourth-order valence-electron chi connectivity index (χ4n) is 0.505. The van der Waals surface area contributed by atoms with Crippen molar-refractivity contribution in [2.45, 2.75) is 20.0 Å².